The molecular formula is C12H7F3N6O3. The maximum atomic E-state index is 12.4. The Bertz CT molecular complexity index is 862. The molecule has 0 aliphatic rings. The second kappa shape index (κ2) is 5.88. The van der Waals surface area contributed by atoms with Crippen molar-refractivity contribution in [3.05, 3.63) is 33.9 Å². The van der Waals surface area contributed by atoms with Crippen LogP contribution in [-0.4, -0.2) is 21.3 Å². The van der Waals surface area contributed by atoms with E-state index in [-0.39, 0.29) is 17.1 Å². The van der Waals surface area contributed by atoms with E-state index in [0.717, 1.165) is 18.2 Å². The average molecular weight is 340 g/mol. The van der Waals surface area contributed by atoms with E-state index in [1.54, 1.807) is 6.07 Å². The van der Waals surface area contributed by atoms with Crippen LogP contribution < -0.4 is 16.2 Å². The maximum Gasteiger partial charge on any atom is 0.573 e. The van der Waals surface area contributed by atoms with Crippen molar-refractivity contribution in [2.45, 2.75) is 6.36 Å². The molecule has 12 heteroatoms. The summed E-state index contributed by atoms with van der Waals surface area (Å²) in [6, 6.07) is 4.55. The first-order valence-corrected chi connectivity index (χ1v) is 6.00. The van der Waals surface area contributed by atoms with Crippen molar-refractivity contribution in [3.63, 3.8) is 0 Å². The molecule has 0 saturated heterocycles. The number of nitro benzene ring substituents is 1. The Balaban J connectivity index is 2.80. The lowest BCUT2D eigenvalue weighted by Gasteiger charge is -2.12. The number of nitrogen functional groups attached to an aromatic ring is 2. The van der Waals surface area contributed by atoms with Crippen molar-refractivity contribution in [1.29, 1.82) is 5.26 Å². The van der Waals surface area contributed by atoms with E-state index in [4.69, 9.17) is 16.7 Å². The van der Waals surface area contributed by atoms with Crippen molar-refractivity contribution >= 4 is 17.5 Å². The van der Waals surface area contributed by atoms with Gasteiger partial charge >= 0.3 is 12.0 Å². The number of halogens is 3. The number of nitrogens with two attached hydrogens (primary N) is 2. The molecule has 4 N–H and O–H groups in total. The molecule has 0 radical (unpaired) electrons. The van der Waals surface area contributed by atoms with Gasteiger partial charge in [-0.2, -0.15) is 10.2 Å². The predicted octanol–water partition coefficient (Wildman–Crippen LogP) is 1.99. The summed E-state index contributed by atoms with van der Waals surface area (Å²) in [6.07, 6.45) is -5.15. The molecule has 0 spiro atoms. The van der Waals surface area contributed by atoms with Crippen LogP contribution in [0.25, 0.3) is 11.3 Å². The lowest BCUT2D eigenvalue weighted by Crippen LogP contribution is -2.18. The predicted molar refractivity (Wildman–Crippen MR) is 74.3 cm³/mol. The second-order valence-corrected chi connectivity index (χ2v) is 4.26. The average Bonchev–Trinajstić information content (AvgIpc) is 2.44. The van der Waals surface area contributed by atoms with Gasteiger partial charge in [0.1, 0.15) is 23.1 Å². The van der Waals surface area contributed by atoms with Gasteiger partial charge in [-0.15, -0.1) is 13.2 Å². The summed E-state index contributed by atoms with van der Waals surface area (Å²) in [7, 11) is 0. The Morgan fingerprint density at radius 1 is 1.29 bits per heavy atom. The van der Waals surface area contributed by atoms with Crippen LogP contribution in [0.15, 0.2) is 18.2 Å². The molecule has 0 amide bonds. The third-order valence-electron chi connectivity index (χ3n) is 2.73. The minimum Gasteiger partial charge on any atom is -0.398 e. The van der Waals surface area contributed by atoms with Crippen LogP contribution in [-0.2, 0) is 0 Å². The highest BCUT2D eigenvalue weighted by atomic mass is 19.4. The van der Waals surface area contributed by atoms with Crippen LogP contribution in [0.3, 0.4) is 0 Å². The number of nitrogens with zero attached hydrogens (tertiary/aromatic N) is 4. The fraction of sp³-hybridized carbons (Fsp3) is 0.0833. The monoisotopic (exact) mass is 340 g/mol. The molecule has 0 saturated carbocycles. The first-order chi connectivity index (χ1) is 11.1. The largest absolute Gasteiger partial charge is 0.573 e. The summed E-state index contributed by atoms with van der Waals surface area (Å²) in [6.45, 7) is 0. The number of rotatable bonds is 3. The molecule has 0 aliphatic carbocycles. The van der Waals surface area contributed by atoms with E-state index in [1.165, 1.54) is 0 Å². The zero-order valence-electron chi connectivity index (χ0n) is 11.5. The lowest BCUT2D eigenvalue weighted by atomic mass is 10.0. The van der Waals surface area contributed by atoms with Gasteiger partial charge in [-0.25, -0.2) is 4.98 Å². The number of hydrogen-bond donors (Lipinski definition) is 2. The van der Waals surface area contributed by atoms with E-state index < -0.39 is 34.2 Å². The van der Waals surface area contributed by atoms with Crippen LogP contribution >= 0.6 is 0 Å². The number of para-hydroxylation sites is 1. The molecule has 124 valence electrons. The molecule has 0 fully saturated rings. The highest BCUT2D eigenvalue weighted by Gasteiger charge is 2.36. The van der Waals surface area contributed by atoms with Gasteiger partial charge in [0.05, 0.1) is 10.5 Å². The normalized spacial score (nSPS) is 10.9. The standard InChI is InChI=1S/C12H7F3N6O3/c13-12(14,15)24-7-3-1-2-5(9(7)21(22)23)8-6(4-16)10(17)20-11(18)19-8/h1-3H,(H4,17,18,19,20). The van der Waals surface area contributed by atoms with E-state index in [2.05, 4.69) is 14.7 Å². The van der Waals surface area contributed by atoms with Gasteiger partial charge in [-0.1, -0.05) is 6.07 Å². The van der Waals surface area contributed by atoms with Crippen LogP contribution in [0.4, 0.5) is 30.6 Å². The fourth-order valence-corrected chi connectivity index (χ4v) is 1.91. The van der Waals surface area contributed by atoms with Gasteiger partial charge < -0.3 is 16.2 Å². The van der Waals surface area contributed by atoms with E-state index in [9.17, 15) is 23.3 Å². The third kappa shape index (κ3) is 3.24. The molecule has 0 aliphatic heterocycles. The van der Waals surface area contributed by atoms with Crippen molar-refractivity contribution in [3.8, 4) is 23.1 Å². The quantitative estimate of drug-likeness (QED) is 0.635. The van der Waals surface area contributed by atoms with E-state index >= 15 is 0 Å². The number of hydrogen-bond acceptors (Lipinski definition) is 8. The molecule has 1 aromatic carbocycles. The molecule has 1 aromatic heterocycles. The molecular weight excluding hydrogens is 333 g/mol. The summed E-state index contributed by atoms with van der Waals surface area (Å²) in [5.41, 5.74) is 8.70. The zero-order valence-corrected chi connectivity index (χ0v) is 11.5. The van der Waals surface area contributed by atoms with Gasteiger partial charge in [0.2, 0.25) is 11.7 Å². The number of aromatic nitrogens is 2. The van der Waals surface area contributed by atoms with E-state index in [0.29, 0.717) is 0 Å². The fourth-order valence-electron chi connectivity index (χ4n) is 1.91. The number of nitro groups is 1. The van der Waals surface area contributed by atoms with Gasteiger partial charge in [0.25, 0.3) is 0 Å². The van der Waals surface area contributed by atoms with Gasteiger partial charge in [-0.05, 0) is 12.1 Å². The van der Waals surface area contributed by atoms with Gasteiger partial charge in [-0.3, -0.25) is 10.1 Å². The molecule has 0 unspecified atom stereocenters. The number of anilines is 2. The Kier molecular flexibility index (Phi) is 4.10. The van der Waals surface area contributed by atoms with Crippen LogP contribution in [0.2, 0.25) is 0 Å². The minimum atomic E-state index is -5.15. The smallest absolute Gasteiger partial charge is 0.398 e. The molecule has 2 aromatic rings. The highest BCUT2D eigenvalue weighted by Crippen LogP contribution is 2.40. The molecule has 0 atom stereocenters. The molecule has 24 heavy (non-hydrogen) atoms. The van der Waals surface area contributed by atoms with Crippen LogP contribution in [0.5, 0.6) is 5.75 Å². The highest BCUT2D eigenvalue weighted by molar-refractivity contribution is 5.81. The Morgan fingerprint density at radius 3 is 2.50 bits per heavy atom. The van der Waals surface area contributed by atoms with E-state index in [1.807, 2.05) is 0 Å². The van der Waals surface area contributed by atoms with Crippen LogP contribution in [0.1, 0.15) is 5.56 Å². The molecule has 1 heterocycles. The number of alkyl halides is 3. The second-order valence-electron chi connectivity index (χ2n) is 4.26. The Labute approximate surface area is 131 Å². The summed E-state index contributed by atoms with van der Waals surface area (Å²) in [5.74, 6) is -1.83. The topological polar surface area (TPSA) is 154 Å². The summed E-state index contributed by atoms with van der Waals surface area (Å²) in [4.78, 5) is 17.4. The number of nitriles is 1. The Hall–Kier alpha value is -3.62. The summed E-state index contributed by atoms with van der Waals surface area (Å²) >= 11 is 0. The number of ether oxygens (including phenoxy) is 1. The lowest BCUT2D eigenvalue weighted by molar-refractivity contribution is -0.388. The number of benzene rings is 1. The Morgan fingerprint density at radius 2 is 1.96 bits per heavy atom. The van der Waals surface area contributed by atoms with Crippen LogP contribution in [0, 0.1) is 21.4 Å². The summed E-state index contributed by atoms with van der Waals surface area (Å²) < 4.78 is 40.9. The minimum absolute atomic E-state index is 0.364. The molecule has 0 bridgehead atoms. The van der Waals surface area contributed by atoms with Crippen molar-refractivity contribution < 1.29 is 22.8 Å². The van der Waals surface area contributed by atoms with Crippen molar-refractivity contribution in [1.82, 2.24) is 9.97 Å². The van der Waals surface area contributed by atoms with Crippen molar-refractivity contribution in [2.24, 2.45) is 0 Å². The zero-order chi connectivity index (χ0) is 18.1. The third-order valence-corrected chi connectivity index (χ3v) is 2.73. The van der Waals surface area contributed by atoms with Gasteiger partial charge in [0, 0.05) is 0 Å². The molecule has 9 nitrogen and oxygen atoms in total. The first-order valence-electron chi connectivity index (χ1n) is 6.00. The van der Waals surface area contributed by atoms with Gasteiger partial charge in [0.15, 0.2) is 0 Å². The van der Waals surface area contributed by atoms with Crippen molar-refractivity contribution in [2.75, 3.05) is 11.5 Å². The summed E-state index contributed by atoms with van der Waals surface area (Å²) in [5, 5.41) is 20.3. The molecule has 2 rings (SSSR count). The first kappa shape index (κ1) is 16.7. The SMILES string of the molecule is N#Cc1c(N)nc(N)nc1-c1cccc(OC(F)(F)F)c1[N+](=O)[O-]. The maximum absolute atomic E-state index is 12.4.